The zero-order valence-electron chi connectivity index (χ0n) is 7.82. The van der Waals surface area contributed by atoms with Gasteiger partial charge in [0.25, 0.3) is 0 Å². The predicted octanol–water partition coefficient (Wildman–Crippen LogP) is 3.05. The van der Waals surface area contributed by atoms with Gasteiger partial charge in [-0.3, -0.25) is 0 Å². The third-order valence-electron chi connectivity index (χ3n) is 2.49. The van der Waals surface area contributed by atoms with E-state index in [0.717, 1.165) is 13.0 Å². The second-order valence-corrected chi connectivity index (χ2v) is 5.35. The Morgan fingerprint density at radius 3 is 2.50 bits per heavy atom. The van der Waals surface area contributed by atoms with E-state index in [1.165, 1.54) is 12.0 Å². The molecule has 1 aromatic carbocycles. The zero-order chi connectivity index (χ0) is 9.97. The molecule has 0 bridgehead atoms. The van der Waals surface area contributed by atoms with Crippen LogP contribution in [-0.2, 0) is 4.74 Å². The Morgan fingerprint density at radius 2 is 1.93 bits per heavy atom. The lowest BCUT2D eigenvalue weighted by Crippen LogP contribution is -2.20. The highest BCUT2D eigenvalue weighted by Crippen LogP contribution is 2.31. The topological polar surface area (TPSA) is 29.5 Å². The van der Waals surface area contributed by atoms with E-state index in [4.69, 9.17) is 9.84 Å². The molecule has 1 N–H and O–H groups in total. The molecule has 1 aliphatic rings. The largest absolute Gasteiger partial charge is 0.508 e. The van der Waals surface area contributed by atoms with Crippen molar-refractivity contribution in [1.29, 1.82) is 0 Å². The maximum absolute atomic E-state index is 9.16. The molecular formula is C11H13IO2. The van der Waals surface area contributed by atoms with Gasteiger partial charge in [0.15, 0.2) is 0 Å². The minimum atomic E-state index is 0.224. The Bertz CT molecular complexity index is 289. The smallest absolute Gasteiger partial charge is 0.115 e. The van der Waals surface area contributed by atoms with Crippen molar-refractivity contribution in [2.45, 2.75) is 22.9 Å². The first-order chi connectivity index (χ1) is 6.75. The Morgan fingerprint density at radius 1 is 1.21 bits per heavy atom. The number of aromatic hydroxyl groups is 1. The van der Waals surface area contributed by atoms with E-state index >= 15 is 0 Å². The summed E-state index contributed by atoms with van der Waals surface area (Å²) in [6.07, 6.45) is 2.52. The van der Waals surface area contributed by atoms with E-state index in [-0.39, 0.29) is 6.10 Å². The lowest BCUT2D eigenvalue weighted by molar-refractivity contribution is 0.0214. The molecule has 1 fully saturated rings. The van der Waals surface area contributed by atoms with Gasteiger partial charge in [0.2, 0.25) is 0 Å². The summed E-state index contributed by atoms with van der Waals surface area (Å²) in [4.78, 5) is 0. The van der Waals surface area contributed by atoms with Crippen LogP contribution >= 0.6 is 22.6 Å². The molecule has 0 spiro atoms. The summed E-state index contributed by atoms with van der Waals surface area (Å²) in [5.74, 6) is 0.316. The first kappa shape index (κ1) is 10.2. The third kappa shape index (κ3) is 2.39. The van der Waals surface area contributed by atoms with E-state index in [2.05, 4.69) is 22.6 Å². The summed E-state index contributed by atoms with van der Waals surface area (Å²) in [6.45, 7) is 0.839. The molecule has 14 heavy (non-hydrogen) atoms. The van der Waals surface area contributed by atoms with Crippen molar-refractivity contribution in [2.24, 2.45) is 0 Å². The molecule has 0 saturated carbocycles. The van der Waals surface area contributed by atoms with E-state index in [1.807, 2.05) is 12.1 Å². The predicted molar refractivity (Wildman–Crippen MR) is 63.8 cm³/mol. The molecule has 2 unspecified atom stereocenters. The van der Waals surface area contributed by atoms with Gasteiger partial charge in [-0.25, -0.2) is 0 Å². The van der Waals surface area contributed by atoms with Crippen molar-refractivity contribution in [2.75, 3.05) is 6.61 Å². The number of halogens is 1. The summed E-state index contributed by atoms with van der Waals surface area (Å²) in [7, 11) is 0. The zero-order valence-corrected chi connectivity index (χ0v) is 9.98. The molecule has 2 atom stereocenters. The molecule has 3 heteroatoms. The van der Waals surface area contributed by atoms with E-state index in [1.54, 1.807) is 12.1 Å². The van der Waals surface area contributed by atoms with Crippen LogP contribution in [0.2, 0.25) is 0 Å². The molecule has 0 radical (unpaired) electrons. The van der Waals surface area contributed by atoms with Crippen LogP contribution in [0, 0.1) is 0 Å². The molecule has 1 aromatic rings. The minimum Gasteiger partial charge on any atom is -0.508 e. The lowest BCUT2D eigenvalue weighted by atomic mass is 10.0. The fourth-order valence-electron chi connectivity index (χ4n) is 1.67. The van der Waals surface area contributed by atoms with Gasteiger partial charge in [0.1, 0.15) is 5.75 Å². The maximum Gasteiger partial charge on any atom is 0.115 e. The van der Waals surface area contributed by atoms with Crippen LogP contribution < -0.4 is 0 Å². The average molecular weight is 304 g/mol. The van der Waals surface area contributed by atoms with Crippen molar-refractivity contribution < 1.29 is 9.84 Å². The van der Waals surface area contributed by atoms with Crippen LogP contribution in [0.25, 0.3) is 0 Å². The normalized spacial score (nSPS) is 27.5. The van der Waals surface area contributed by atoms with Crippen molar-refractivity contribution in [3.05, 3.63) is 29.8 Å². The fourth-order valence-corrected chi connectivity index (χ4v) is 2.24. The summed E-state index contributed by atoms with van der Waals surface area (Å²) in [6, 6.07) is 7.31. The Balaban J connectivity index is 2.05. The van der Waals surface area contributed by atoms with Crippen LogP contribution in [0.5, 0.6) is 5.75 Å². The lowest BCUT2D eigenvalue weighted by Gasteiger charge is -2.26. The van der Waals surface area contributed by atoms with E-state index in [0.29, 0.717) is 9.67 Å². The average Bonchev–Trinajstić information content (AvgIpc) is 2.21. The summed E-state index contributed by atoms with van der Waals surface area (Å²) >= 11 is 2.43. The molecule has 1 aliphatic heterocycles. The van der Waals surface area contributed by atoms with Gasteiger partial charge >= 0.3 is 0 Å². The summed E-state index contributed by atoms with van der Waals surface area (Å²) in [5.41, 5.74) is 1.17. The van der Waals surface area contributed by atoms with Gasteiger partial charge in [-0.1, -0.05) is 34.7 Å². The highest BCUT2D eigenvalue weighted by Gasteiger charge is 2.20. The molecule has 0 aliphatic carbocycles. The molecular weight excluding hydrogens is 291 g/mol. The Kier molecular flexibility index (Phi) is 3.28. The first-order valence-corrected chi connectivity index (χ1v) is 6.05. The molecule has 1 saturated heterocycles. The van der Waals surface area contributed by atoms with Crippen LogP contribution in [0.1, 0.15) is 24.5 Å². The molecule has 2 nitrogen and oxygen atoms in total. The monoisotopic (exact) mass is 304 g/mol. The highest BCUT2D eigenvalue weighted by atomic mass is 127. The van der Waals surface area contributed by atoms with Gasteiger partial charge in [-0.2, -0.15) is 0 Å². The molecule has 76 valence electrons. The van der Waals surface area contributed by atoms with E-state index < -0.39 is 0 Å². The van der Waals surface area contributed by atoms with Crippen molar-refractivity contribution in [3.8, 4) is 5.75 Å². The third-order valence-corrected chi connectivity index (χ3v) is 3.47. The van der Waals surface area contributed by atoms with Crippen molar-refractivity contribution >= 4 is 22.6 Å². The molecule has 0 aromatic heterocycles. The second kappa shape index (κ2) is 4.49. The number of alkyl halides is 1. The van der Waals surface area contributed by atoms with Crippen molar-refractivity contribution in [3.63, 3.8) is 0 Å². The Labute approximate surface area is 97.4 Å². The van der Waals surface area contributed by atoms with Gasteiger partial charge in [0.05, 0.1) is 12.7 Å². The maximum atomic E-state index is 9.16. The number of hydrogen-bond donors (Lipinski definition) is 1. The number of phenolic OH excluding ortho intramolecular Hbond substituents is 1. The number of benzene rings is 1. The minimum absolute atomic E-state index is 0.224. The molecule has 0 amide bonds. The van der Waals surface area contributed by atoms with Crippen LogP contribution in [0.3, 0.4) is 0 Å². The van der Waals surface area contributed by atoms with Gasteiger partial charge < -0.3 is 9.84 Å². The molecule has 2 rings (SSSR count). The first-order valence-electron chi connectivity index (χ1n) is 4.80. The van der Waals surface area contributed by atoms with Gasteiger partial charge in [-0.15, -0.1) is 0 Å². The number of rotatable bonds is 1. The molecule has 1 heterocycles. The van der Waals surface area contributed by atoms with Crippen LogP contribution in [0.4, 0.5) is 0 Å². The van der Waals surface area contributed by atoms with Crippen LogP contribution in [-0.4, -0.2) is 15.6 Å². The van der Waals surface area contributed by atoms with Gasteiger partial charge in [-0.05, 0) is 30.5 Å². The standard InChI is InChI=1S/C11H13IO2/c12-9-3-6-11(14-7-9)8-1-4-10(13)5-2-8/h1-2,4-5,9,11,13H,3,6-7H2. The van der Waals surface area contributed by atoms with Crippen LogP contribution in [0.15, 0.2) is 24.3 Å². The summed E-state index contributed by atoms with van der Waals surface area (Å²) < 4.78 is 6.38. The van der Waals surface area contributed by atoms with Crippen molar-refractivity contribution in [1.82, 2.24) is 0 Å². The SMILES string of the molecule is Oc1ccc(C2CCC(I)CO2)cc1. The fraction of sp³-hybridized carbons (Fsp3) is 0.455. The number of phenols is 1. The second-order valence-electron chi connectivity index (χ2n) is 3.59. The number of hydrogen-bond acceptors (Lipinski definition) is 2. The summed E-state index contributed by atoms with van der Waals surface area (Å²) in [5, 5.41) is 9.16. The highest BCUT2D eigenvalue weighted by molar-refractivity contribution is 14.1. The van der Waals surface area contributed by atoms with Gasteiger partial charge in [0, 0.05) is 3.92 Å². The number of ether oxygens (including phenoxy) is 1. The quantitative estimate of drug-likeness (QED) is 0.638. The van der Waals surface area contributed by atoms with E-state index in [9.17, 15) is 0 Å². The Hall–Kier alpha value is -0.290.